The van der Waals surface area contributed by atoms with E-state index in [4.69, 9.17) is 0 Å². The first-order chi connectivity index (χ1) is 7.42. The fourth-order valence-corrected chi connectivity index (χ4v) is 2.39. The topological polar surface area (TPSA) is 3.24 Å². The molecule has 0 saturated heterocycles. The van der Waals surface area contributed by atoms with Gasteiger partial charge in [0.2, 0.25) is 0 Å². The number of allylic oxidation sites excluding steroid dienone is 2. The summed E-state index contributed by atoms with van der Waals surface area (Å²) in [6, 6.07) is 10.9. The van der Waals surface area contributed by atoms with E-state index in [-0.39, 0.29) is 0 Å². The molecular formula is C14H15N. The molecule has 0 amide bonds. The highest BCUT2D eigenvalue weighted by Crippen LogP contribution is 2.51. The van der Waals surface area contributed by atoms with Gasteiger partial charge in [-0.1, -0.05) is 42.5 Å². The van der Waals surface area contributed by atoms with Crippen LogP contribution in [0, 0.1) is 0 Å². The Morgan fingerprint density at radius 2 is 1.80 bits per heavy atom. The number of benzene rings is 1. The maximum atomic E-state index is 2.46. The summed E-state index contributed by atoms with van der Waals surface area (Å²) in [5.41, 5.74) is 1.77. The minimum atomic E-state index is 0.308. The Labute approximate surface area is 90.7 Å². The molecule has 0 aromatic heterocycles. The average molecular weight is 197 g/mol. The van der Waals surface area contributed by atoms with Crippen molar-refractivity contribution in [2.24, 2.45) is 0 Å². The lowest BCUT2D eigenvalue weighted by molar-refractivity contribution is 0.281. The molecule has 0 unspecified atom stereocenters. The Morgan fingerprint density at radius 3 is 2.40 bits per heavy atom. The minimum absolute atomic E-state index is 0.308. The standard InChI is InChI=1S/C14H15N/c1-3-7-13(8-4-1)14(9-10-14)15-11-5-2-6-12-15/h1-8,11H,9-10,12H2. The molecule has 1 aromatic rings. The van der Waals surface area contributed by atoms with Crippen LogP contribution in [-0.2, 0) is 5.54 Å². The van der Waals surface area contributed by atoms with Gasteiger partial charge in [-0.3, -0.25) is 0 Å². The molecule has 1 saturated carbocycles. The van der Waals surface area contributed by atoms with Gasteiger partial charge in [0.05, 0.1) is 5.54 Å². The van der Waals surface area contributed by atoms with Crippen molar-refractivity contribution in [2.75, 3.05) is 6.54 Å². The van der Waals surface area contributed by atoms with Crippen LogP contribution in [0.3, 0.4) is 0 Å². The molecule has 76 valence electrons. The van der Waals surface area contributed by atoms with Gasteiger partial charge in [0.15, 0.2) is 0 Å². The van der Waals surface area contributed by atoms with E-state index in [2.05, 4.69) is 59.7 Å². The highest BCUT2D eigenvalue weighted by molar-refractivity contribution is 5.32. The van der Waals surface area contributed by atoms with E-state index in [0.29, 0.717) is 5.54 Å². The van der Waals surface area contributed by atoms with Gasteiger partial charge in [0.25, 0.3) is 0 Å². The van der Waals surface area contributed by atoms with Gasteiger partial charge >= 0.3 is 0 Å². The summed E-state index contributed by atoms with van der Waals surface area (Å²) in [7, 11) is 0. The molecule has 1 nitrogen and oxygen atoms in total. The highest BCUT2D eigenvalue weighted by atomic mass is 15.2. The molecule has 2 aliphatic rings. The van der Waals surface area contributed by atoms with E-state index >= 15 is 0 Å². The molecule has 1 fully saturated rings. The van der Waals surface area contributed by atoms with Crippen LogP contribution in [0.5, 0.6) is 0 Å². The van der Waals surface area contributed by atoms with Crippen molar-refractivity contribution in [3.05, 3.63) is 60.3 Å². The average Bonchev–Trinajstić information content (AvgIpc) is 3.13. The molecule has 0 radical (unpaired) electrons. The van der Waals surface area contributed by atoms with Gasteiger partial charge in [0.1, 0.15) is 0 Å². The summed E-state index contributed by atoms with van der Waals surface area (Å²) >= 11 is 0. The Kier molecular flexibility index (Phi) is 1.91. The normalized spacial score (nSPS) is 21.7. The van der Waals surface area contributed by atoms with Crippen LogP contribution in [0.4, 0.5) is 0 Å². The molecule has 0 spiro atoms. The lowest BCUT2D eigenvalue weighted by atomic mass is 10.0. The summed E-state index contributed by atoms with van der Waals surface area (Å²) in [6.07, 6.45) is 11.3. The van der Waals surface area contributed by atoms with E-state index in [0.717, 1.165) is 6.54 Å². The maximum Gasteiger partial charge on any atom is 0.0653 e. The molecule has 1 aliphatic heterocycles. The van der Waals surface area contributed by atoms with E-state index in [9.17, 15) is 0 Å². The van der Waals surface area contributed by atoms with E-state index in [1.807, 2.05) is 0 Å². The van der Waals surface area contributed by atoms with Crippen LogP contribution in [0.1, 0.15) is 18.4 Å². The molecule has 1 aliphatic carbocycles. The highest BCUT2D eigenvalue weighted by Gasteiger charge is 2.48. The third-order valence-electron chi connectivity index (χ3n) is 3.40. The summed E-state index contributed by atoms with van der Waals surface area (Å²) in [6.45, 7) is 1.05. The Balaban J connectivity index is 1.91. The van der Waals surface area contributed by atoms with Gasteiger partial charge in [-0.15, -0.1) is 0 Å². The molecule has 0 atom stereocenters. The van der Waals surface area contributed by atoms with Crippen LogP contribution in [-0.4, -0.2) is 11.4 Å². The maximum absolute atomic E-state index is 2.46. The van der Waals surface area contributed by atoms with E-state index in [1.165, 1.54) is 18.4 Å². The first-order valence-electron chi connectivity index (χ1n) is 5.57. The van der Waals surface area contributed by atoms with Crippen LogP contribution in [0.25, 0.3) is 0 Å². The van der Waals surface area contributed by atoms with Gasteiger partial charge in [-0.25, -0.2) is 0 Å². The largest absolute Gasteiger partial charge is 0.364 e. The molecule has 15 heavy (non-hydrogen) atoms. The van der Waals surface area contributed by atoms with E-state index < -0.39 is 0 Å². The number of hydrogen-bond acceptors (Lipinski definition) is 1. The number of rotatable bonds is 2. The number of hydrogen-bond donors (Lipinski definition) is 0. The zero-order valence-corrected chi connectivity index (χ0v) is 8.76. The lowest BCUT2D eigenvalue weighted by Crippen LogP contribution is -2.31. The van der Waals surface area contributed by atoms with Crippen LogP contribution < -0.4 is 0 Å². The Hall–Kier alpha value is -1.50. The predicted molar refractivity (Wildman–Crippen MR) is 62.3 cm³/mol. The smallest absolute Gasteiger partial charge is 0.0653 e. The van der Waals surface area contributed by atoms with Crippen molar-refractivity contribution in [1.29, 1.82) is 0 Å². The predicted octanol–water partition coefficient (Wildman–Crippen LogP) is 3.06. The fraction of sp³-hybridized carbons (Fsp3) is 0.286. The SMILES string of the molecule is C1=CCN(C2(c3ccccc3)CC2)C=C1. The fourth-order valence-electron chi connectivity index (χ4n) is 2.39. The third-order valence-corrected chi connectivity index (χ3v) is 3.40. The summed E-state index contributed by atoms with van der Waals surface area (Å²) < 4.78 is 0. The lowest BCUT2D eigenvalue weighted by Gasteiger charge is -2.31. The Morgan fingerprint density at radius 1 is 1.00 bits per heavy atom. The molecule has 0 bridgehead atoms. The van der Waals surface area contributed by atoms with Crippen molar-refractivity contribution < 1.29 is 0 Å². The first kappa shape index (κ1) is 8.78. The molecule has 1 heterocycles. The van der Waals surface area contributed by atoms with Gasteiger partial charge < -0.3 is 4.90 Å². The second-order valence-corrected chi connectivity index (χ2v) is 4.32. The van der Waals surface area contributed by atoms with Crippen molar-refractivity contribution in [3.63, 3.8) is 0 Å². The molecular weight excluding hydrogens is 182 g/mol. The zero-order valence-electron chi connectivity index (χ0n) is 8.76. The van der Waals surface area contributed by atoms with Crippen molar-refractivity contribution in [1.82, 2.24) is 4.90 Å². The van der Waals surface area contributed by atoms with Crippen LogP contribution in [0.15, 0.2) is 54.8 Å². The second-order valence-electron chi connectivity index (χ2n) is 4.32. The van der Waals surface area contributed by atoms with Crippen molar-refractivity contribution in [2.45, 2.75) is 18.4 Å². The van der Waals surface area contributed by atoms with Crippen LogP contribution >= 0.6 is 0 Å². The van der Waals surface area contributed by atoms with E-state index in [1.54, 1.807) is 0 Å². The monoisotopic (exact) mass is 197 g/mol. The Bertz CT molecular complexity index is 399. The van der Waals surface area contributed by atoms with Crippen LogP contribution in [0.2, 0.25) is 0 Å². The zero-order chi connectivity index (χ0) is 10.1. The summed E-state index contributed by atoms with van der Waals surface area (Å²) in [5, 5.41) is 0. The second kappa shape index (κ2) is 3.27. The summed E-state index contributed by atoms with van der Waals surface area (Å²) in [4.78, 5) is 2.46. The minimum Gasteiger partial charge on any atom is -0.364 e. The van der Waals surface area contributed by atoms with Gasteiger partial charge in [-0.05, 0) is 24.5 Å². The van der Waals surface area contributed by atoms with Crippen molar-refractivity contribution >= 4 is 0 Å². The molecule has 1 aromatic carbocycles. The molecule has 0 N–H and O–H groups in total. The quantitative estimate of drug-likeness (QED) is 0.704. The van der Waals surface area contributed by atoms with Crippen molar-refractivity contribution in [3.8, 4) is 0 Å². The molecule has 1 heteroatoms. The summed E-state index contributed by atoms with van der Waals surface area (Å²) in [5.74, 6) is 0. The number of nitrogens with zero attached hydrogens (tertiary/aromatic N) is 1. The third kappa shape index (κ3) is 1.39. The first-order valence-corrected chi connectivity index (χ1v) is 5.57. The molecule has 3 rings (SSSR count). The van der Waals surface area contributed by atoms with Gasteiger partial charge in [-0.2, -0.15) is 0 Å². The van der Waals surface area contributed by atoms with Gasteiger partial charge in [0, 0.05) is 12.7 Å².